The van der Waals surface area contributed by atoms with Crippen LogP contribution in [0.5, 0.6) is 0 Å². The molecule has 1 aliphatic rings. The van der Waals surface area contributed by atoms with Crippen LogP contribution < -0.4 is 10.6 Å². The number of nitrogens with one attached hydrogen (secondary N) is 2. The third-order valence-electron chi connectivity index (χ3n) is 2.50. The molecule has 1 rings (SSSR count). The molecule has 1 saturated heterocycles. The van der Waals surface area contributed by atoms with Crippen LogP contribution in [0.4, 0.5) is 0 Å². The van der Waals surface area contributed by atoms with Gasteiger partial charge in [-0.25, -0.2) is 0 Å². The standard InChI is InChI=1S/C9H20N2/c1-6(2)8-9(7(3)4)11-5-10-8/h6-11H,5H2,1-4H3/t8-,9-/m0/s1. The first-order valence-electron chi connectivity index (χ1n) is 4.59. The molecule has 2 atom stereocenters. The molecule has 0 aromatic carbocycles. The summed E-state index contributed by atoms with van der Waals surface area (Å²) >= 11 is 0. The summed E-state index contributed by atoms with van der Waals surface area (Å²) in [7, 11) is 0. The quantitative estimate of drug-likeness (QED) is 0.627. The van der Waals surface area contributed by atoms with Gasteiger partial charge in [0, 0.05) is 18.8 Å². The highest BCUT2D eigenvalue weighted by atomic mass is 15.2. The van der Waals surface area contributed by atoms with Crippen LogP contribution in [-0.2, 0) is 0 Å². The van der Waals surface area contributed by atoms with Crippen LogP contribution in [0.3, 0.4) is 0 Å². The van der Waals surface area contributed by atoms with E-state index in [4.69, 9.17) is 0 Å². The van der Waals surface area contributed by atoms with Crippen LogP contribution in [0.1, 0.15) is 27.7 Å². The van der Waals surface area contributed by atoms with Crippen molar-refractivity contribution in [2.24, 2.45) is 11.8 Å². The van der Waals surface area contributed by atoms with E-state index in [0.717, 1.165) is 18.5 Å². The molecule has 0 saturated carbocycles. The summed E-state index contributed by atoms with van der Waals surface area (Å²) in [5, 5.41) is 6.95. The van der Waals surface area contributed by atoms with Crippen LogP contribution in [0.25, 0.3) is 0 Å². The average molecular weight is 156 g/mol. The van der Waals surface area contributed by atoms with Gasteiger partial charge in [-0.3, -0.25) is 10.6 Å². The zero-order valence-corrected chi connectivity index (χ0v) is 8.02. The molecule has 1 aliphatic heterocycles. The molecular weight excluding hydrogens is 136 g/mol. The van der Waals surface area contributed by atoms with Gasteiger partial charge in [-0.05, 0) is 11.8 Å². The molecule has 0 aliphatic carbocycles. The largest absolute Gasteiger partial charge is 0.300 e. The minimum absolute atomic E-state index is 0.662. The molecule has 0 aromatic rings. The van der Waals surface area contributed by atoms with Crippen molar-refractivity contribution in [1.29, 1.82) is 0 Å². The van der Waals surface area contributed by atoms with Gasteiger partial charge < -0.3 is 0 Å². The Morgan fingerprint density at radius 3 is 1.55 bits per heavy atom. The summed E-state index contributed by atoms with van der Waals surface area (Å²) in [6.07, 6.45) is 0. The SMILES string of the molecule is CC(C)[C@@H]1NCN[C@H]1C(C)C. The van der Waals surface area contributed by atoms with E-state index in [1.165, 1.54) is 0 Å². The fraction of sp³-hybridized carbons (Fsp3) is 1.00. The molecule has 66 valence electrons. The zero-order valence-electron chi connectivity index (χ0n) is 8.02. The van der Waals surface area contributed by atoms with E-state index < -0.39 is 0 Å². The first-order valence-corrected chi connectivity index (χ1v) is 4.59. The molecule has 11 heavy (non-hydrogen) atoms. The monoisotopic (exact) mass is 156 g/mol. The molecule has 0 aromatic heterocycles. The molecule has 2 heteroatoms. The molecule has 0 amide bonds. The average Bonchev–Trinajstić information content (AvgIpc) is 2.32. The van der Waals surface area contributed by atoms with E-state index in [9.17, 15) is 0 Å². The van der Waals surface area contributed by atoms with Gasteiger partial charge in [0.2, 0.25) is 0 Å². The van der Waals surface area contributed by atoms with Gasteiger partial charge in [0.15, 0.2) is 0 Å². The van der Waals surface area contributed by atoms with E-state index in [2.05, 4.69) is 38.3 Å². The van der Waals surface area contributed by atoms with Crippen LogP contribution in [-0.4, -0.2) is 18.8 Å². The van der Waals surface area contributed by atoms with Crippen molar-refractivity contribution in [1.82, 2.24) is 10.6 Å². The fourth-order valence-electron chi connectivity index (χ4n) is 1.85. The molecule has 0 radical (unpaired) electrons. The minimum atomic E-state index is 0.662. The van der Waals surface area contributed by atoms with E-state index in [0.29, 0.717) is 12.1 Å². The Hall–Kier alpha value is -0.0800. The maximum absolute atomic E-state index is 3.48. The Morgan fingerprint density at radius 2 is 1.27 bits per heavy atom. The first-order chi connectivity index (χ1) is 5.13. The Kier molecular flexibility index (Phi) is 2.90. The summed E-state index contributed by atoms with van der Waals surface area (Å²) in [4.78, 5) is 0. The van der Waals surface area contributed by atoms with Crippen molar-refractivity contribution in [2.75, 3.05) is 6.67 Å². The highest BCUT2D eigenvalue weighted by Gasteiger charge is 2.30. The molecule has 2 nitrogen and oxygen atoms in total. The van der Waals surface area contributed by atoms with E-state index in [-0.39, 0.29) is 0 Å². The lowest BCUT2D eigenvalue weighted by atomic mass is 9.90. The highest BCUT2D eigenvalue weighted by Crippen LogP contribution is 2.16. The minimum Gasteiger partial charge on any atom is -0.300 e. The van der Waals surface area contributed by atoms with E-state index in [1.54, 1.807) is 0 Å². The zero-order chi connectivity index (χ0) is 8.43. The third kappa shape index (κ3) is 1.94. The van der Waals surface area contributed by atoms with Gasteiger partial charge in [-0.15, -0.1) is 0 Å². The second-order valence-electron chi connectivity index (χ2n) is 4.12. The van der Waals surface area contributed by atoms with E-state index >= 15 is 0 Å². The van der Waals surface area contributed by atoms with Gasteiger partial charge in [0.1, 0.15) is 0 Å². The number of hydrogen-bond acceptors (Lipinski definition) is 2. The lowest BCUT2D eigenvalue weighted by molar-refractivity contribution is 0.337. The summed E-state index contributed by atoms with van der Waals surface area (Å²) < 4.78 is 0. The first kappa shape index (κ1) is 9.01. The molecular formula is C9H20N2. The Labute approximate surface area is 69.8 Å². The van der Waals surface area contributed by atoms with Crippen molar-refractivity contribution < 1.29 is 0 Å². The summed E-state index contributed by atoms with van der Waals surface area (Å²) in [6, 6.07) is 1.32. The van der Waals surface area contributed by atoms with Crippen LogP contribution in [0.15, 0.2) is 0 Å². The second kappa shape index (κ2) is 3.55. The maximum Gasteiger partial charge on any atom is 0.0459 e. The molecule has 2 N–H and O–H groups in total. The highest BCUT2D eigenvalue weighted by molar-refractivity contribution is 4.91. The normalized spacial score (nSPS) is 32.2. The number of hydrogen-bond donors (Lipinski definition) is 2. The Balaban J connectivity index is 2.51. The van der Waals surface area contributed by atoms with Crippen molar-refractivity contribution in [3.05, 3.63) is 0 Å². The van der Waals surface area contributed by atoms with Crippen LogP contribution >= 0.6 is 0 Å². The topological polar surface area (TPSA) is 24.1 Å². The maximum atomic E-state index is 3.48. The van der Waals surface area contributed by atoms with Crippen LogP contribution in [0, 0.1) is 11.8 Å². The summed E-state index contributed by atoms with van der Waals surface area (Å²) in [6.45, 7) is 10.1. The predicted molar refractivity (Wildman–Crippen MR) is 48.4 cm³/mol. The smallest absolute Gasteiger partial charge is 0.0459 e. The van der Waals surface area contributed by atoms with Crippen molar-refractivity contribution in [2.45, 2.75) is 39.8 Å². The predicted octanol–water partition coefficient (Wildman–Crippen LogP) is 1.19. The van der Waals surface area contributed by atoms with Gasteiger partial charge in [0.25, 0.3) is 0 Å². The Bertz CT molecular complexity index is 107. The van der Waals surface area contributed by atoms with Gasteiger partial charge in [-0.1, -0.05) is 27.7 Å². The van der Waals surface area contributed by atoms with Crippen molar-refractivity contribution in [3.63, 3.8) is 0 Å². The lowest BCUT2D eigenvalue weighted by Gasteiger charge is -2.25. The van der Waals surface area contributed by atoms with Gasteiger partial charge in [-0.2, -0.15) is 0 Å². The summed E-state index contributed by atoms with van der Waals surface area (Å²) in [5.41, 5.74) is 0. The number of rotatable bonds is 2. The van der Waals surface area contributed by atoms with Crippen LogP contribution in [0.2, 0.25) is 0 Å². The fourth-order valence-corrected chi connectivity index (χ4v) is 1.85. The molecule has 0 bridgehead atoms. The van der Waals surface area contributed by atoms with Gasteiger partial charge in [0.05, 0.1) is 0 Å². The molecule has 1 heterocycles. The lowest BCUT2D eigenvalue weighted by Crippen LogP contribution is -2.41. The van der Waals surface area contributed by atoms with Gasteiger partial charge >= 0.3 is 0 Å². The second-order valence-corrected chi connectivity index (χ2v) is 4.12. The van der Waals surface area contributed by atoms with Crippen molar-refractivity contribution in [3.8, 4) is 0 Å². The third-order valence-corrected chi connectivity index (χ3v) is 2.50. The van der Waals surface area contributed by atoms with Crippen molar-refractivity contribution >= 4 is 0 Å². The molecule has 0 unspecified atom stereocenters. The Morgan fingerprint density at radius 1 is 0.909 bits per heavy atom. The molecule has 1 fully saturated rings. The summed E-state index contributed by atoms with van der Waals surface area (Å²) in [5.74, 6) is 1.47. The molecule has 0 spiro atoms. The van der Waals surface area contributed by atoms with E-state index in [1.807, 2.05) is 0 Å².